The number of likely N-dealkylation sites (N-methyl/N-ethyl adjacent to an activating group) is 1. The number of carboxylic acid groups (broad SMARTS) is 1. The van der Waals surface area contributed by atoms with Crippen LogP contribution in [0.1, 0.15) is 335 Å². The van der Waals surface area contributed by atoms with Crippen LogP contribution in [0.15, 0.2) is 109 Å². The van der Waals surface area contributed by atoms with E-state index in [9.17, 15) is 19.5 Å². The highest BCUT2D eigenvalue weighted by molar-refractivity contribution is 5.71. The first kappa shape index (κ1) is 87.0. The van der Waals surface area contributed by atoms with Gasteiger partial charge >= 0.3 is 17.9 Å². The van der Waals surface area contributed by atoms with E-state index < -0.39 is 24.3 Å². The third-order valence-corrected chi connectivity index (χ3v) is 16.5. The first-order valence-corrected chi connectivity index (χ1v) is 38.1. The fourth-order valence-corrected chi connectivity index (χ4v) is 10.7. The summed E-state index contributed by atoms with van der Waals surface area (Å²) in [6.07, 6.45) is 98.0. The molecule has 9 heteroatoms. The van der Waals surface area contributed by atoms with Crippen LogP contribution in [0.3, 0.4) is 0 Å². The molecule has 0 aliphatic heterocycles. The van der Waals surface area contributed by atoms with Gasteiger partial charge in [-0.15, -0.1) is 0 Å². The van der Waals surface area contributed by atoms with Gasteiger partial charge < -0.3 is 28.5 Å². The molecule has 1 N–H and O–H groups in total. The summed E-state index contributed by atoms with van der Waals surface area (Å²) in [7, 11) is 5.98. The van der Waals surface area contributed by atoms with E-state index in [4.69, 9.17) is 18.9 Å². The molecule has 0 rings (SSSR count). The minimum absolute atomic E-state index is 0.183. The summed E-state index contributed by atoms with van der Waals surface area (Å²) in [5, 5.41) is 9.76. The Kier molecular flexibility index (Phi) is 68.6. The predicted octanol–water partition coefficient (Wildman–Crippen LogP) is 24.1. The van der Waals surface area contributed by atoms with Crippen molar-refractivity contribution in [2.45, 2.75) is 347 Å². The maximum Gasteiger partial charge on any atom is 0.361 e. The van der Waals surface area contributed by atoms with Gasteiger partial charge in [0.25, 0.3) is 6.29 Å². The highest BCUT2D eigenvalue weighted by atomic mass is 16.7. The molecular formula is C82H144NO8+. The van der Waals surface area contributed by atoms with Crippen LogP contribution in [-0.2, 0) is 33.3 Å². The molecule has 0 amide bonds. The van der Waals surface area contributed by atoms with Crippen molar-refractivity contribution in [2.24, 2.45) is 0 Å². The van der Waals surface area contributed by atoms with Crippen molar-refractivity contribution in [3.63, 3.8) is 0 Å². The molecule has 0 aliphatic carbocycles. The molecule has 2 atom stereocenters. The Morgan fingerprint density at radius 3 is 0.934 bits per heavy atom. The molecular weight excluding hydrogens is 1130 g/mol. The smallest absolute Gasteiger partial charge is 0.361 e. The SMILES string of the molecule is CC/C=C\C/C=C\C/C=C\C/C=C\C/C=C\C/C=C\CCCCCCCCCCC(=O)OC(COC(=O)CCCCCCCCCCCCCCCCCCCCCCCCCC/C=C\C/C=C\C/C=C\CCCCCCC)COC(OCC[N+](C)(C)C)C(=O)O. The molecule has 2 unspecified atom stereocenters. The monoisotopic (exact) mass is 1270 g/mol. The van der Waals surface area contributed by atoms with Gasteiger partial charge in [-0.3, -0.25) is 9.59 Å². The Morgan fingerprint density at radius 1 is 0.341 bits per heavy atom. The zero-order chi connectivity index (χ0) is 66.1. The largest absolute Gasteiger partial charge is 0.477 e. The van der Waals surface area contributed by atoms with Crippen molar-refractivity contribution in [3.8, 4) is 0 Å². The minimum Gasteiger partial charge on any atom is -0.477 e. The van der Waals surface area contributed by atoms with Gasteiger partial charge in [0.15, 0.2) is 6.10 Å². The summed E-state index contributed by atoms with van der Waals surface area (Å²) >= 11 is 0. The fourth-order valence-electron chi connectivity index (χ4n) is 10.7. The quantitative estimate of drug-likeness (QED) is 0.0211. The van der Waals surface area contributed by atoms with Crippen molar-refractivity contribution in [2.75, 3.05) is 47.5 Å². The van der Waals surface area contributed by atoms with Gasteiger partial charge in [0.05, 0.1) is 34.4 Å². The third kappa shape index (κ3) is 73.2. The van der Waals surface area contributed by atoms with Crippen LogP contribution in [-0.4, -0.2) is 87.4 Å². The Balaban J connectivity index is 4.03. The lowest BCUT2D eigenvalue weighted by atomic mass is 10.0. The molecule has 0 saturated heterocycles. The summed E-state index contributed by atoms with van der Waals surface area (Å²) < 4.78 is 23.0. The fraction of sp³-hybridized carbons (Fsp3) is 0.744. The lowest BCUT2D eigenvalue weighted by Crippen LogP contribution is -2.40. The lowest BCUT2D eigenvalue weighted by Gasteiger charge is -2.25. The van der Waals surface area contributed by atoms with Gasteiger partial charge in [0, 0.05) is 12.8 Å². The molecule has 0 fully saturated rings. The summed E-state index contributed by atoms with van der Waals surface area (Å²) in [5.41, 5.74) is 0. The Morgan fingerprint density at radius 2 is 0.626 bits per heavy atom. The van der Waals surface area contributed by atoms with Crippen molar-refractivity contribution in [3.05, 3.63) is 109 Å². The first-order valence-electron chi connectivity index (χ1n) is 38.1. The van der Waals surface area contributed by atoms with Crippen molar-refractivity contribution < 1.29 is 42.9 Å². The number of hydrogen-bond donors (Lipinski definition) is 1. The number of allylic oxidation sites excluding steroid dienone is 18. The number of carboxylic acids is 1. The summed E-state index contributed by atoms with van der Waals surface area (Å²) in [5.74, 6) is -2.01. The van der Waals surface area contributed by atoms with E-state index in [1.807, 2.05) is 21.1 Å². The lowest BCUT2D eigenvalue weighted by molar-refractivity contribution is -0.870. The zero-order valence-electron chi connectivity index (χ0n) is 60.0. The second-order valence-corrected chi connectivity index (χ2v) is 26.6. The van der Waals surface area contributed by atoms with Crippen molar-refractivity contribution in [1.82, 2.24) is 0 Å². The number of rotatable bonds is 70. The number of unbranched alkanes of at least 4 members (excludes halogenated alkanes) is 37. The number of esters is 2. The molecule has 0 aliphatic rings. The van der Waals surface area contributed by atoms with E-state index in [-0.39, 0.29) is 32.2 Å². The number of ether oxygens (including phenoxy) is 4. The molecule has 0 aromatic carbocycles. The molecule has 0 bridgehead atoms. The second-order valence-electron chi connectivity index (χ2n) is 26.6. The van der Waals surface area contributed by atoms with Gasteiger partial charge in [0.1, 0.15) is 13.2 Å². The van der Waals surface area contributed by atoms with E-state index >= 15 is 0 Å². The molecule has 524 valence electrons. The number of aliphatic carboxylic acids is 1. The standard InChI is InChI=1S/C82H143NO8/c1-6-8-10-12-14-16-18-20-22-24-26-28-30-32-34-35-36-37-38-39-40-41-42-43-44-45-47-48-50-52-54-56-58-60-62-64-66-68-70-72-79(84)89-76-78(77-90-82(81(86)87)88-75-74-83(3,4)5)91-80(85)73-71-69-67-65-63-61-59-57-55-53-51-49-46-33-31-29-27-25-23-21-19-17-15-13-11-9-7-2/h9,11,15,17-18,20-21,23-24,26-27,29-30,32-33,46,51,53,78,82H,6-8,10,12-14,16,19,22,25,28,31,34-45,47-50,52,54-77H2,1-5H3/p+1/b11-9-,17-15-,20-18-,23-21-,26-24-,29-27-,32-30-,46-33-,53-51-. The molecule has 0 aromatic heterocycles. The van der Waals surface area contributed by atoms with E-state index in [1.165, 1.54) is 205 Å². The Bertz CT molecular complexity index is 1870. The zero-order valence-corrected chi connectivity index (χ0v) is 60.0. The topological polar surface area (TPSA) is 108 Å². The van der Waals surface area contributed by atoms with Crippen LogP contribution in [0.4, 0.5) is 0 Å². The second kappa shape index (κ2) is 71.8. The van der Waals surface area contributed by atoms with Gasteiger partial charge in [-0.1, -0.05) is 329 Å². The maximum absolute atomic E-state index is 13.0. The molecule has 0 heterocycles. The number of hydrogen-bond acceptors (Lipinski definition) is 7. The molecule has 0 radical (unpaired) electrons. The van der Waals surface area contributed by atoms with Crippen LogP contribution in [0.5, 0.6) is 0 Å². The van der Waals surface area contributed by atoms with E-state index in [2.05, 4.69) is 123 Å². The first-order chi connectivity index (χ1) is 44.6. The van der Waals surface area contributed by atoms with E-state index in [0.29, 0.717) is 23.9 Å². The van der Waals surface area contributed by atoms with E-state index in [1.54, 1.807) is 0 Å². The molecule has 91 heavy (non-hydrogen) atoms. The maximum atomic E-state index is 13.0. The highest BCUT2D eigenvalue weighted by Gasteiger charge is 2.25. The highest BCUT2D eigenvalue weighted by Crippen LogP contribution is 2.18. The average molecular weight is 1270 g/mol. The van der Waals surface area contributed by atoms with Gasteiger partial charge in [-0.25, -0.2) is 4.79 Å². The molecule has 0 spiro atoms. The van der Waals surface area contributed by atoms with Crippen molar-refractivity contribution >= 4 is 17.9 Å². The van der Waals surface area contributed by atoms with Gasteiger partial charge in [0.2, 0.25) is 0 Å². The number of quaternary nitrogens is 1. The molecule has 0 saturated carbocycles. The summed E-state index contributed by atoms with van der Waals surface area (Å²) in [6, 6.07) is 0. The van der Waals surface area contributed by atoms with Crippen molar-refractivity contribution in [1.29, 1.82) is 0 Å². The third-order valence-electron chi connectivity index (χ3n) is 16.5. The number of nitrogens with zero attached hydrogens (tertiary/aromatic N) is 1. The van der Waals surface area contributed by atoms with Gasteiger partial charge in [-0.05, 0) is 103 Å². The van der Waals surface area contributed by atoms with E-state index in [0.717, 1.165) is 96.3 Å². The van der Waals surface area contributed by atoms with Crippen LogP contribution < -0.4 is 0 Å². The van der Waals surface area contributed by atoms with Gasteiger partial charge in [-0.2, -0.15) is 0 Å². The predicted molar refractivity (Wildman–Crippen MR) is 392 cm³/mol. The normalized spacial score (nSPS) is 13.3. The summed E-state index contributed by atoms with van der Waals surface area (Å²) in [6.45, 7) is 4.77. The van der Waals surface area contributed by atoms with Crippen LogP contribution >= 0.6 is 0 Å². The molecule has 0 aromatic rings. The van der Waals surface area contributed by atoms with Crippen LogP contribution in [0, 0.1) is 0 Å². The Hall–Kier alpha value is -4.05. The van der Waals surface area contributed by atoms with Crippen LogP contribution in [0.25, 0.3) is 0 Å². The molecule has 9 nitrogen and oxygen atoms in total. The average Bonchev–Trinajstić information content (AvgIpc) is 3.46. The minimum atomic E-state index is -1.52. The number of carbonyl (C=O) groups is 3. The van der Waals surface area contributed by atoms with Crippen LogP contribution in [0.2, 0.25) is 0 Å². The summed E-state index contributed by atoms with van der Waals surface area (Å²) in [4.78, 5) is 37.7. The number of carbonyl (C=O) groups excluding carboxylic acids is 2. The Labute approximate surface area is 562 Å².